The van der Waals surface area contributed by atoms with E-state index in [4.69, 9.17) is 5.73 Å². The number of thiazole rings is 1. The molecule has 0 spiro atoms. The smallest absolute Gasteiger partial charge is 0.257 e. The quantitative estimate of drug-likeness (QED) is 0.830. The van der Waals surface area contributed by atoms with Crippen molar-refractivity contribution in [3.8, 4) is 0 Å². The lowest BCUT2D eigenvalue weighted by Crippen LogP contribution is -2.13. The number of carbonyl (C=O) groups excluding carboxylic acids is 1. The number of benzene rings is 1. The predicted molar refractivity (Wildman–Crippen MR) is 75.1 cm³/mol. The van der Waals surface area contributed by atoms with Gasteiger partial charge in [0.05, 0.1) is 5.69 Å². The Morgan fingerprint density at radius 1 is 1.37 bits per heavy atom. The van der Waals surface area contributed by atoms with Crippen molar-refractivity contribution in [2.24, 2.45) is 0 Å². The highest BCUT2D eigenvalue weighted by atomic mass is 32.1. The Bertz CT molecular complexity index is 609. The fourth-order valence-corrected chi connectivity index (χ4v) is 2.34. The lowest BCUT2D eigenvalue weighted by Gasteiger charge is -2.06. The van der Waals surface area contributed by atoms with E-state index in [9.17, 15) is 9.18 Å². The van der Waals surface area contributed by atoms with E-state index in [1.165, 1.54) is 23.5 Å². The highest BCUT2D eigenvalue weighted by Crippen LogP contribution is 2.23. The third-order valence-corrected chi connectivity index (χ3v) is 3.88. The Balaban J connectivity index is 2.25. The van der Waals surface area contributed by atoms with E-state index in [-0.39, 0.29) is 11.3 Å². The zero-order chi connectivity index (χ0) is 14.2. The normalized spacial score (nSPS) is 10.5. The van der Waals surface area contributed by atoms with Gasteiger partial charge < -0.3 is 5.73 Å². The van der Waals surface area contributed by atoms with Crippen molar-refractivity contribution in [2.75, 3.05) is 11.1 Å². The summed E-state index contributed by atoms with van der Waals surface area (Å²) in [7, 11) is 0. The first-order valence-electron chi connectivity index (χ1n) is 5.69. The molecule has 0 bridgehead atoms. The van der Waals surface area contributed by atoms with Crippen LogP contribution in [0.4, 0.5) is 15.2 Å². The molecule has 0 saturated carbocycles. The van der Waals surface area contributed by atoms with Crippen molar-refractivity contribution in [2.45, 2.75) is 20.8 Å². The maximum absolute atomic E-state index is 13.5. The first-order valence-corrected chi connectivity index (χ1v) is 6.51. The number of nitrogens with zero attached hydrogens (tertiary/aromatic N) is 1. The van der Waals surface area contributed by atoms with Crippen LogP contribution in [0.2, 0.25) is 0 Å². The maximum Gasteiger partial charge on any atom is 0.257 e. The molecule has 3 N–H and O–H groups in total. The van der Waals surface area contributed by atoms with Crippen LogP contribution in [0.1, 0.15) is 26.5 Å². The van der Waals surface area contributed by atoms with E-state index in [1.54, 1.807) is 6.92 Å². The van der Waals surface area contributed by atoms with Crippen molar-refractivity contribution in [3.05, 3.63) is 39.6 Å². The molecule has 0 fully saturated rings. The molecule has 0 atom stereocenters. The van der Waals surface area contributed by atoms with Gasteiger partial charge in [0, 0.05) is 21.7 Å². The summed E-state index contributed by atoms with van der Waals surface area (Å²) >= 11 is 1.38. The first-order chi connectivity index (χ1) is 8.88. The van der Waals surface area contributed by atoms with Crippen LogP contribution < -0.4 is 11.1 Å². The summed E-state index contributed by atoms with van der Waals surface area (Å²) in [4.78, 5) is 17.2. The molecule has 2 aromatic rings. The average molecular weight is 279 g/mol. The van der Waals surface area contributed by atoms with Crippen LogP contribution in [0.25, 0.3) is 0 Å². The van der Waals surface area contributed by atoms with Gasteiger partial charge in [-0.05, 0) is 32.9 Å². The highest BCUT2D eigenvalue weighted by Gasteiger charge is 2.13. The van der Waals surface area contributed by atoms with Gasteiger partial charge in [-0.3, -0.25) is 10.1 Å². The molecule has 0 aliphatic heterocycles. The van der Waals surface area contributed by atoms with Gasteiger partial charge in [0.25, 0.3) is 5.91 Å². The fraction of sp³-hybridized carbons (Fsp3) is 0.231. The number of hydrogen-bond donors (Lipinski definition) is 2. The number of carbonyl (C=O) groups is 1. The molecule has 1 aromatic carbocycles. The molecule has 100 valence electrons. The minimum Gasteiger partial charge on any atom is -0.398 e. The van der Waals surface area contributed by atoms with E-state index in [2.05, 4.69) is 10.3 Å². The standard InChI is InChI=1S/C13H14FN3OS/c1-6-10(14)4-9(5-11(6)15)12(18)17-13-16-7(2)8(3)19-13/h4-5H,15H2,1-3H3,(H,16,17,18). The minimum absolute atomic E-state index is 0.186. The van der Waals surface area contributed by atoms with Gasteiger partial charge in [-0.25, -0.2) is 9.37 Å². The number of nitrogens with two attached hydrogens (primary N) is 1. The van der Waals surface area contributed by atoms with Crippen molar-refractivity contribution < 1.29 is 9.18 Å². The molecule has 19 heavy (non-hydrogen) atoms. The van der Waals surface area contributed by atoms with Gasteiger partial charge in [-0.2, -0.15) is 0 Å². The summed E-state index contributed by atoms with van der Waals surface area (Å²) in [5.41, 5.74) is 7.31. The number of nitrogens with one attached hydrogen (secondary N) is 1. The number of anilines is 2. The van der Waals surface area contributed by atoms with Crippen molar-refractivity contribution >= 4 is 28.1 Å². The molecule has 1 aromatic heterocycles. The second kappa shape index (κ2) is 4.97. The van der Waals surface area contributed by atoms with Gasteiger partial charge in [0.2, 0.25) is 0 Å². The van der Waals surface area contributed by atoms with Gasteiger partial charge in [-0.15, -0.1) is 11.3 Å². The van der Waals surface area contributed by atoms with Crippen molar-refractivity contribution in [1.82, 2.24) is 4.98 Å². The van der Waals surface area contributed by atoms with Crippen LogP contribution in [0, 0.1) is 26.6 Å². The molecule has 1 heterocycles. The number of nitrogen functional groups attached to an aromatic ring is 1. The second-order valence-electron chi connectivity index (χ2n) is 4.29. The van der Waals surface area contributed by atoms with E-state index < -0.39 is 11.7 Å². The summed E-state index contributed by atoms with van der Waals surface area (Å²) in [6.07, 6.45) is 0. The monoisotopic (exact) mass is 279 g/mol. The van der Waals surface area contributed by atoms with E-state index in [0.29, 0.717) is 10.7 Å². The van der Waals surface area contributed by atoms with Crippen LogP contribution in [0.3, 0.4) is 0 Å². The molecule has 0 saturated heterocycles. The van der Waals surface area contributed by atoms with Gasteiger partial charge >= 0.3 is 0 Å². The Kier molecular flexibility index (Phi) is 3.53. The van der Waals surface area contributed by atoms with E-state index >= 15 is 0 Å². The number of hydrogen-bond acceptors (Lipinski definition) is 4. The van der Waals surface area contributed by atoms with Gasteiger partial charge in [-0.1, -0.05) is 0 Å². The Morgan fingerprint density at radius 3 is 2.58 bits per heavy atom. The number of aryl methyl sites for hydroxylation is 2. The maximum atomic E-state index is 13.5. The van der Waals surface area contributed by atoms with Gasteiger partial charge in [0.1, 0.15) is 5.82 Å². The third-order valence-electron chi connectivity index (χ3n) is 2.90. The first kappa shape index (κ1) is 13.5. The van der Waals surface area contributed by atoms with E-state index in [0.717, 1.165) is 10.6 Å². The molecule has 4 nitrogen and oxygen atoms in total. The van der Waals surface area contributed by atoms with Crippen LogP contribution in [0.15, 0.2) is 12.1 Å². The molecular weight excluding hydrogens is 265 g/mol. The Morgan fingerprint density at radius 2 is 2.05 bits per heavy atom. The molecule has 0 radical (unpaired) electrons. The van der Waals surface area contributed by atoms with Crippen molar-refractivity contribution in [3.63, 3.8) is 0 Å². The zero-order valence-electron chi connectivity index (χ0n) is 10.9. The summed E-state index contributed by atoms with van der Waals surface area (Å²) in [6.45, 7) is 5.36. The molecule has 6 heteroatoms. The Hall–Kier alpha value is -1.95. The fourth-order valence-electron chi connectivity index (χ4n) is 1.53. The minimum atomic E-state index is -0.489. The number of aromatic nitrogens is 1. The third kappa shape index (κ3) is 2.73. The molecule has 0 aliphatic carbocycles. The average Bonchev–Trinajstić information content (AvgIpc) is 2.64. The highest BCUT2D eigenvalue weighted by molar-refractivity contribution is 7.15. The topological polar surface area (TPSA) is 68.0 Å². The number of rotatable bonds is 2. The molecule has 1 amide bonds. The largest absolute Gasteiger partial charge is 0.398 e. The SMILES string of the molecule is Cc1nc(NC(=O)c2cc(N)c(C)c(F)c2)sc1C. The van der Waals surface area contributed by atoms with Crippen LogP contribution in [-0.4, -0.2) is 10.9 Å². The number of halogens is 1. The lowest BCUT2D eigenvalue weighted by molar-refractivity contribution is 0.102. The molecule has 0 aliphatic rings. The lowest BCUT2D eigenvalue weighted by atomic mass is 10.1. The van der Waals surface area contributed by atoms with Gasteiger partial charge in [0.15, 0.2) is 5.13 Å². The van der Waals surface area contributed by atoms with Crippen molar-refractivity contribution in [1.29, 1.82) is 0 Å². The van der Waals surface area contributed by atoms with Crippen LogP contribution in [0.5, 0.6) is 0 Å². The molecule has 0 unspecified atom stereocenters. The zero-order valence-corrected chi connectivity index (χ0v) is 11.7. The number of amides is 1. The second-order valence-corrected chi connectivity index (χ2v) is 5.49. The summed E-state index contributed by atoms with van der Waals surface area (Å²) in [6, 6.07) is 2.63. The predicted octanol–water partition coefficient (Wildman–Crippen LogP) is 3.04. The Labute approximate surface area is 114 Å². The van der Waals surface area contributed by atoms with E-state index in [1.807, 2.05) is 13.8 Å². The summed E-state index contributed by atoms with van der Waals surface area (Å²) < 4.78 is 13.5. The molecule has 2 rings (SSSR count). The van der Waals surface area contributed by atoms with Crippen LogP contribution in [-0.2, 0) is 0 Å². The summed E-state index contributed by atoms with van der Waals surface area (Å²) in [5, 5.41) is 3.14. The van der Waals surface area contributed by atoms with Crippen LogP contribution >= 0.6 is 11.3 Å². The summed E-state index contributed by atoms with van der Waals surface area (Å²) in [5.74, 6) is -0.906. The molecular formula is C13H14FN3OS.